The fraction of sp³-hybridized carbons (Fsp3) is 0.800. The van der Waals surface area contributed by atoms with Crippen LogP contribution in [0.5, 0.6) is 0 Å². The van der Waals surface area contributed by atoms with E-state index >= 15 is 0 Å². The van der Waals surface area contributed by atoms with Gasteiger partial charge in [0.05, 0.1) is 5.75 Å². The van der Waals surface area contributed by atoms with Crippen LogP contribution in [0, 0.1) is 0 Å². The van der Waals surface area contributed by atoms with Gasteiger partial charge in [-0.2, -0.15) is 4.31 Å². The number of nitrogens with zero attached hydrogens (tertiary/aromatic N) is 1. The number of nitrogens with one attached hydrogen (secondary N) is 1. The molecule has 4 nitrogen and oxygen atoms in total. The van der Waals surface area contributed by atoms with Crippen molar-refractivity contribution in [2.45, 2.75) is 20.8 Å². The second kappa shape index (κ2) is 6.98. The first-order chi connectivity index (χ1) is 6.94. The van der Waals surface area contributed by atoms with Crippen LogP contribution >= 0.6 is 0 Å². The van der Waals surface area contributed by atoms with Gasteiger partial charge in [-0.15, -0.1) is 0 Å². The van der Waals surface area contributed by atoms with Crippen molar-refractivity contribution in [3.05, 3.63) is 12.2 Å². The Labute approximate surface area is 93.4 Å². The molecular formula is C10H22N2O2S. The molecule has 0 fully saturated rings. The van der Waals surface area contributed by atoms with E-state index in [1.165, 1.54) is 4.31 Å². The van der Waals surface area contributed by atoms with E-state index in [9.17, 15) is 8.42 Å². The summed E-state index contributed by atoms with van der Waals surface area (Å²) in [7, 11) is -3.13. The molecule has 0 radical (unpaired) electrons. The molecule has 0 heterocycles. The van der Waals surface area contributed by atoms with Gasteiger partial charge >= 0.3 is 0 Å². The zero-order valence-electron chi connectivity index (χ0n) is 9.91. The Morgan fingerprint density at radius 3 is 2.40 bits per heavy atom. The summed E-state index contributed by atoms with van der Waals surface area (Å²) in [5.74, 6) is 0.155. The monoisotopic (exact) mass is 234 g/mol. The molecule has 0 aromatic carbocycles. The number of rotatable bonds is 8. The number of likely N-dealkylation sites (N-methyl/N-ethyl adjacent to an activating group) is 1. The van der Waals surface area contributed by atoms with E-state index < -0.39 is 10.0 Å². The van der Waals surface area contributed by atoms with Crippen molar-refractivity contribution in [3.8, 4) is 0 Å². The van der Waals surface area contributed by atoms with Gasteiger partial charge in [0.25, 0.3) is 0 Å². The molecule has 0 rings (SSSR count). The first-order valence-corrected chi connectivity index (χ1v) is 6.87. The lowest BCUT2D eigenvalue weighted by Crippen LogP contribution is -2.37. The average Bonchev–Trinajstić information content (AvgIpc) is 2.14. The summed E-state index contributed by atoms with van der Waals surface area (Å²) < 4.78 is 25.1. The highest BCUT2D eigenvalue weighted by Crippen LogP contribution is 2.04. The molecule has 15 heavy (non-hydrogen) atoms. The molecule has 0 aliphatic rings. The molecule has 0 aliphatic heterocycles. The summed E-state index contributed by atoms with van der Waals surface area (Å²) in [4.78, 5) is 0. The Bertz CT molecular complexity index is 286. The maximum atomic E-state index is 11.8. The van der Waals surface area contributed by atoms with Gasteiger partial charge in [-0.3, -0.25) is 0 Å². The summed E-state index contributed by atoms with van der Waals surface area (Å²) in [6.45, 7) is 11.6. The molecule has 0 unspecified atom stereocenters. The van der Waals surface area contributed by atoms with Crippen LogP contribution in [0.3, 0.4) is 0 Å². The van der Waals surface area contributed by atoms with Crippen LogP contribution in [0.1, 0.15) is 20.8 Å². The third-order valence-electron chi connectivity index (χ3n) is 1.98. The third-order valence-corrected chi connectivity index (χ3v) is 3.87. The lowest BCUT2D eigenvalue weighted by atomic mass is 10.3. The second-order valence-corrected chi connectivity index (χ2v) is 5.64. The molecule has 1 N–H and O–H groups in total. The van der Waals surface area contributed by atoms with Gasteiger partial charge < -0.3 is 5.32 Å². The largest absolute Gasteiger partial charge is 0.316 e. The Morgan fingerprint density at radius 2 is 2.00 bits per heavy atom. The van der Waals surface area contributed by atoms with E-state index in [4.69, 9.17) is 0 Å². The number of hydrogen-bond donors (Lipinski definition) is 1. The Hall–Kier alpha value is -0.390. The van der Waals surface area contributed by atoms with Crippen molar-refractivity contribution in [1.29, 1.82) is 0 Å². The summed E-state index contributed by atoms with van der Waals surface area (Å²) in [6, 6.07) is 0. The molecule has 90 valence electrons. The predicted molar refractivity (Wildman–Crippen MR) is 64.4 cm³/mol. The van der Waals surface area contributed by atoms with Gasteiger partial charge in [0.15, 0.2) is 0 Å². The fourth-order valence-corrected chi connectivity index (χ4v) is 2.69. The summed E-state index contributed by atoms with van der Waals surface area (Å²) in [6.07, 6.45) is 0. The van der Waals surface area contributed by atoms with E-state index in [1.807, 2.05) is 20.8 Å². The molecule has 0 aromatic rings. The van der Waals surface area contributed by atoms with Crippen molar-refractivity contribution in [2.75, 3.05) is 31.9 Å². The van der Waals surface area contributed by atoms with Gasteiger partial charge in [-0.05, 0) is 13.5 Å². The molecule has 0 saturated heterocycles. The highest BCUT2D eigenvalue weighted by Gasteiger charge is 2.19. The second-order valence-electron chi connectivity index (χ2n) is 3.55. The standard InChI is InChI=1S/C10H22N2O2S/c1-5-11-7-8-15(13,14)12(6-2)9-10(3)4/h11H,3,5-9H2,1-2,4H3. The SMILES string of the molecule is C=C(C)CN(CC)S(=O)(=O)CCNCC. The molecule has 0 saturated carbocycles. The zero-order valence-corrected chi connectivity index (χ0v) is 10.7. The smallest absolute Gasteiger partial charge is 0.215 e. The average molecular weight is 234 g/mol. The van der Waals surface area contributed by atoms with Gasteiger partial charge in [0, 0.05) is 19.6 Å². The molecule has 0 spiro atoms. The minimum Gasteiger partial charge on any atom is -0.316 e. The lowest BCUT2D eigenvalue weighted by Gasteiger charge is -2.20. The summed E-state index contributed by atoms with van der Waals surface area (Å²) in [5, 5.41) is 3.01. The summed E-state index contributed by atoms with van der Waals surface area (Å²) >= 11 is 0. The Balaban J connectivity index is 4.32. The molecule has 5 heteroatoms. The van der Waals surface area contributed by atoms with E-state index in [0.717, 1.165) is 12.1 Å². The summed E-state index contributed by atoms with van der Waals surface area (Å²) in [5.41, 5.74) is 0.865. The van der Waals surface area contributed by atoms with Gasteiger partial charge in [-0.25, -0.2) is 8.42 Å². The van der Waals surface area contributed by atoms with Crippen LogP contribution in [-0.2, 0) is 10.0 Å². The van der Waals surface area contributed by atoms with E-state index in [-0.39, 0.29) is 5.75 Å². The normalized spacial score (nSPS) is 12.0. The number of hydrogen-bond acceptors (Lipinski definition) is 3. The molecule has 0 aromatic heterocycles. The van der Waals surface area contributed by atoms with Gasteiger partial charge in [-0.1, -0.05) is 26.0 Å². The Morgan fingerprint density at radius 1 is 1.40 bits per heavy atom. The van der Waals surface area contributed by atoms with E-state index in [2.05, 4.69) is 11.9 Å². The first kappa shape index (κ1) is 14.6. The zero-order chi connectivity index (χ0) is 11.9. The van der Waals surface area contributed by atoms with E-state index in [0.29, 0.717) is 19.6 Å². The van der Waals surface area contributed by atoms with Crippen molar-refractivity contribution in [3.63, 3.8) is 0 Å². The van der Waals surface area contributed by atoms with Crippen molar-refractivity contribution >= 4 is 10.0 Å². The minimum atomic E-state index is -3.13. The molecule has 0 aliphatic carbocycles. The maximum absolute atomic E-state index is 11.8. The quantitative estimate of drug-likeness (QED) is 0.500. The van der Waals surface area contributed by atoms with Crippen molar-refractivity contribution < 1.29 is 8.42 Å². The maximum Gasteiger partial charge on any atom is 0.215 e. The van der Waals surface area contributed by atoms with Crippen LogP contribution in [0.4, 0.5) is 0 Å². The third kappa shape index (κ3) is 5.92. The Kier molecular flexibility index (Phi) is 6.80. The van der Waals surface area contributed by atoms with Crippen molar-refractivity contribution in [2.24, 2.45) is 0 Å². The van der Waals surface area contributed by atoms with Gasteiger partial charge in [0.2, 0.25) is 10.0 Å². The first-order valence-electron chi connectivity index (χ1n) is 5.27. The van der Waals surface area contributed by atoms with Crippen LogP contribution < -0.4 is 5.32 Å². The number of sulfonamides is 1. The molecule has 0 amide bonds. The van der Waals surface area contributed by atoms with Crippen LogP contribution in [0.2, 0.25) is 0 Å². The fourth-order valence-electron chi connectivity index (χ4n) is 1.21. The predicted octanol–water partition coefficient (Wildman–Crippen LogP) is 0.824. The molecule has 0 atom stereocenters. The topological polar surface area (TPSA) is 49.4 Å². The minimum absolute atomic E-state index is 0.155. The van der Waals surface area contributed by atoms with Crippen LogP contribution in [-0.4, -0.2) is 44.7 Å². The van der Waals surface area contributed by atoms with Crippen molar-refractivity contribution in [1.82, 2.24) is 9.62 Å². The van der Waals surface area contributed by atoms with Crippen LogP contribution in [0.15, 0.2) is 12.2 Å². The molecule has 0 bridgehead atoms. The highest BCUT2D eigenvalue weighted by atomic mass is 32.2. The highest BCUT2D eigenvalue weighted by molar-refractivity contribution is 7.89. The van der Waals surface area contributed by atoms with Gasteiger partial charge in [0.1, 0.15) is 0 Å². The lowest BCUT2D eigenvalue weighted by molar-refractivity contribution is 0.451. The molecular weight excluding hydrogens is 212 g/mol. The van der Waals surface area contributed by atoms with E-state index in [1.54, 1.807) is 0 Å². The van der Waals surface area contributed by atoms with Crippen LogP contribution in [0.25, 0.3) is 0 Å².